The Bertz CT molecular complexity index is 593. The number of carbonyl (C=O) groups excluding carboxylic acids is 1. The summed E-state index contributed by atoms with van der Waals surface area (Å²) in [6, 6.07) is 3.21. The van der Waals surface area contributed by atoms with Crippen LogP contribution in [-0.4, -0.2) is 16.9 Å². The third-order valence-corrected chi connectivity index (χ3v) is 6.40. The van der Waals surface area contributed by atoms with Crippen molar-refractivity contribution in [2.75, 3.05) is 0 Å². The predicted molar refractivity (Wildman–Crippen MR) is 84.6 cm³/mol. The number of hydrogen-bond acceptors (Lipinski definition) is 2. The van der Waals surface area contributed by atoms with Crippen LogP contribution in [0.2, 0.25) is 0 Å². The topological polar surface area (TPSA) is 62.0 Å². The first-order chi connectivity index (χ1) is 10.5. The molecule has 0 spiro atoms. The van der Waals surface area contributed by atoms with Crippen molar-refractivity contribution in [3.63, 3.8) is 0 Å². The number of rotatable bonds is 3. The van der Waals surface area contributed by atoms with Gasteiger partial charge in [-0.15, -0.1) is 0 Å². The van der Waals surface area contributed by atoms with E-state index in [4.69, 9.17) is 0 Å². The molecule has 0 radical (unpaired) electrons. The molecule has 4 aliphatic rings. The van der Waals surface area contributed by atoms with E-state index < -0.39 is 0 Å². The third kappa shape index (κ3) is 2.29. The summed E-state index contributed by atoms with van der Waals surface area (Å²) in [6.07, 6.45) is 9.60. The van der Waals surface area contributed by atoms with Crippen LogP contribution in [0.1, 0.15) is 55.8 Å². The molecule has 5 rings (SSSR count). The lowest BCUT2D eigenvalue weighted by molar-refractivity contribution is -0.0688. The molecule has 1 heterocycles. The average Bonchev–Trinajstić information content (AvgIpc) is 2.46. The summed E-state index contributed by atoms with van der Waals surface area (Å²) in [5.41, 5.74) is 0.675. The van der Waals surface area contributed by atoms with Gasteiger partial charge in [-0.05, 0) is 74.7 Å². The summed E-state index contributed by atoms with van der Waals surface area (Å²) in [6.45, 7) is 2.18. The van der Waals surface area contributed by atoms with Gasteiger partial charge in [-0.2, -0.15) is 0 Å². The largest absolute Gasteiger partial charge is 0.349 e. The maximum Gasteiger partial charge on any atom is 0.252 e. The number of nitrogens with one attached hydrogen (secondary N) is 2. The molecule has 1 atom stereocenters. The quantitative estimate of drug-likeness (QED) is 0.901. The van der Waals surface area contributed by atoms with Crippen LogP contribution in [0.4, 0.5) is 0 Å². The minimum absolute atomic E-state index is 0.0699. The molecule has 0 unspecified atom stereocenters. The molecular formula is C18H24N2O2. The van der Waals surface area contributed by atoms with E-state index in [1.807, 2.05) is 0 Å². The number of amides is 1. The second-order valence-electron chi connectivity index (χ2n) is 7.92. The second-order valence-corrected chi connectivity index (χ2v) is 7.92. The number of carbonyl (C=O) groups is 1. The monoisotopic (exact) mass is 300 g/mol. The Morgan fingerprint density at radius 2 is 1.77 bits per heavy atom. The fraction of sp³-hybridized carbons (Fsp3) is 0.667. The van der Waals surface area contributed by atoms with E-state index in [0.29, 0.717) is 11.0 Å². The van der Waals surface area contributed by atoms with Gasteiger partial charge in [0, 0.05) is 18.3 Å². The number of aromatic nitrogens is 1. The molecule has 4 aliphatic carbocycles. The highest BCUT2D eigenvalue weighted by Gasteiger charge is 2.53. The number of aromatic amines is 1. The maximum atomic E-state index is 12.4. The van der Waals surface area contributed by atoms with Gasteiger partial charge in [-0.25, -0.2) is 0 Å². The Hall–Kier alpha value is -1.58. The normalized spacial score (nSPS) is 37.0. The Kier molecular flexibility index (Phi) is 3.17. The summed E-state index contributed by atoms with van der Waals surface area (Å²) in [7, 11) is 0. The lowest BCUT2D eigenvalue weighted by Gasteiger charge is -2.59. The van der Waals surface area contributed by atoms with Gasteiger partial charge in [0.15, 0.2) is 0 Å². The first-order valence-electron chi connectivity index (χ1n) is 8.54. The number of hydrogen-bond donors (Lipinski definition) is 2. The van der Waals surface area contributed by atoms with E-state index in [1.165, 1.54) is 50.8 Å². The molecule has 118 valence electrons. The zero-order chi connectivity index (χ0) is 15.3. The van der Waals surface area contributed by atoms with Crippen molar-refractivity contribution in [3.8, 4) is 0 Å². The highest BCUT2D eigenvalue weighted by molar-refractivity contribution is 5.94. The SMILES string of the molecule is C[C@H](NC(=O)c1ccc(=O)[nH]c1)C12CC3CC(CC(C3)C1)C2. The van der Waals surface area contributed by atoms with Crippen molar-refractivity contribution in [3.05, 3.63) is 34.2 Å². The fourth-order valence-electron chi connectivity index (χ4n) is 5.69. The minimum Gasteiger partial charge on any atom is -0.349 e. The van der Waals surface area contributed by atoms with E-state index >= 15 is 0 Å². The standard InChI is InChI=1S/C18H24N2O2/c1-11(20-17(22)15-2-3-16(21)19-10-15)18-7-12-4-13(8-18)6-14(5-12)9-18/h2-3,10-14H,4-9H2,1H3,(H,19,21)(H,20,22)/t11-,12?,13?,14?,18?/m0/s1. The molecule has 22 heavy (non-hydrogen) atoms. The molecule has 0 aromatic carbocycles. The highest BCUT2D eigenvalue weighted by Crippen LogP contribution is 2.61. The van der Waals surface area contributed by atoms with E-state index in [1.54, 1.807) is 6.07 Å². The Morgan fingerprint density at radius 1 is 1.18 bits per heavy atom. The van der Waals surface area contributed by atoms with Gasteiger partial charge in [0.25, 0.3) is 5.91 Å². The molecule has 0 saturated heterocycles. The average molecular weight is 300 g/mol. The first kappa shape index (κ1) is 14.0. The minimum atomic E-state index is -0.175. The van der Waals surface area contributed by atoms with Crippen molar-refractivity contribution in [1.82, 2.24) is 10.3 Å². The van der Waals surface area contributed by atoms with Gasteiger partial charge in [-0.1, -0.05) is 0 Å². The fourth-order valence-corrected chi connectivity index (χ4v) is 5.69. The van der Waals surface area contributed by atoms with E-state index in [0.717, 1.165) is 17.8 Å². The molecule has 1 amide bonds. The van der Waals surface area contributed by atoms with Gasteiger partial charge >= 0.3 is 0 Å². The summed E-state index contributed by atoms with van der Waals surface area (Å²) < 4.78 is 0. The van der Waals surface area contributed by atoms with Crippen molar-refractivity contribution in [2.24, 2.45) is 23.2 Å². The molecule has 4 bridgehead atoms. The third-order valence-electron chi connectivity index (χ3n) is 6.40. The lowest BCUT2D eigenvalue weighted by atomic mass is 9.48. The predicted octanol–water partition coefficient (Wildman–Crippen LogP) is 2.71. The van der Waals surface area contributed by atoms with E-state index in [-0.39, 0.29) is 17.5 Å². The lowest BCUT2D eigenvalue weighted by Crippen LogP contribution is -2.55. The van der Waals surface area contributed by atoms with Gasteiger partial charge in [0.05, 0.1) is 5.56 Å². The molecule has 4 heteroatoms. The summed E-state index contributed by atoms with van der Waals surface area (Å²) in [5, 5.41) is 3.21. The zero-order valence-corrected chi connectivity index (χ0v) is 13.1. The van der Waals surface area contributed by atoms with Gasteiger partial charge < -0.3 is 10.3 Å². The van der Waals surface area contributed by atoms with Crippen molar-refractivity contribution >= 4 is 5.91 Å². The Balaban J connectivity index is 1.50. The van der Waals surface area contributed by atoms with Gasteiger partial charge in [-0.3, -0.25) is 9.59 Å². The van der Waals surface area contributed by atoms with E-state index in [9.17, 15) is 9.59 Å². The van der Waals surface area contributed by atoms with Crippen LogP contribution in [0.15, 0.2) is 23.1 Å². The highest BCUT2D eigenvalue weighted by atomic mass is 16.2. The summed E-state index contributed by atoms with van der Waals surface area (Å²) >= 11 is 0. The molecular weight excluding hydrogens is 276 g/mol. The molecule has 4 nitrogen and oxygen atoms in total. The molecule has 4 fully saturated rings. The Labute approximate surface area is 130 Å². The molecule has 1 aromatic heterocycles. The first-order valence-corrected chi connectivity index (χ1v) is 8.54. The second kappa shape index (κ2) is 4.97. The summed E-state index contributed by atoms with van der Waals surface area (Å²) in [5.74, 6) is 2.59. The maximum absolute atomic E-state index is 12.4. The number of H-pyrrole nitrogens is 1. The van der Waals surface area contributed by atoms with Crippen LogP contribution in [0, 0.1) is 23.2 Å². The van der Waals surface area contributed by atoms with Crippen LogP contribution in [0.5, 0.6) is 0 Å². The molecule has 1 aromatic rings. The van der Waals surface area contributed by atoms with Crippen LogP contribution in [0.3, 0.4) is 0 Å². The van der Waals surface area contributed by atoms with Crippen LogP contribution in [-0.2, 0) is 0 Å². The van der Waals surface area contributed by atoms with E-state index in [2.05, 4.69) is 17.2 Å². The smallest absolute Gasteiger partial charge is 0.252 e. The summed E-state index contributed by atoms with van der Waals surface area (Å²) in [4.78, 5) is 26.1. The van der Waals surface area contributed by atoms with Gasteiger partial charge in [0.1, 0.15) is 0 Å². The molecule has 2 N–H and O–H groups in total. The van der Waals surface area contributed by atoms with Crippen LogP contribution >= 0.6 is 0 Å². The Morgan fingerprint density at radius 3 is 2.27 bits per heavy atom. The van der Waals surface area contributed by atoms with Crippen molar-refractivity contribution < 1.29 is 4.79 Å². The number of pyridine rings is 1. The van der Waals surface area contributed by atoms with Crippen molar-refractivity contribution in [2.45, 2.75) is 51.5 Å². The molecule has 0 aliphatic heterocycles. The van der Waals surface area contributed by atoms with Crippen LogP contribution < -0.4 is 10.9 Å². The molecule has 4 saturated carbocycles. The van der Waals surface area contributed by atoms with Crippen molar-refractivity contribution in [1.29, 1.82) is 0 Å². The zero-order valence-electron chi connectivity index (χ0n) is 13.1. The van der Waals surface area contributed by atoms with Crippen LogP contribution in [0.25, 0.3) is 0 Å². The van der Waals surface area contributed by atoms with Gasteiger partial charge in [0.2, 0.25) is 5.56 Å².